The van der Waals surface area contributed by atoms with Crippen molar-refractivity contribution in [2.45, 2.75) is 6.92 Å². The normalized spacial score (nSPS) is 11.1. The van der Waals surface area contributed by atoms with Crippen LogP contribution in [0, 0.1) is 6.92 Å². The van der Waals surface area contributed by atoms with Crippen LogP contribution in [0.15, 0.2) is 42.5 Å². The second kappa shape index (κ2) is 4.30. The quantitative estimate of drug-likeness (QED) is 0.634. The lowest BCUT2D eigenvalue weighted by Gasteiger charge is -2.07. The van der Waals surface area contributed by atoms with Crippen molar-refractivity contribution in [3.63, 3.8) is 0 Å². The van der Waals surface area contributed by atoms with Gasteiger partial charge in [0.15, 0.2) is 0 Å². The molecule has 0 aliphatic heterocycles. The molecule has 0 spiro atoms. The van der Waals surface area contributed by atoms with Crippen LogP contribution in [-0.2, 0) is 0 Å². The molecule has 3 rings (SSSR count). The first kappa shape index (κ1) is 11.6. The molecule has 0 aliphatic rings. The van der Waals surface area contributed by atoms with E-state index in [0.717, 1.165) is 22.5 Å². The molecule has 2 nitrogen and oxygen atoms in total. The minimum Gasteiger partial charge on any atom is -0.233 e. The van der Waals surface area contributed by atoms with E-state index in [1.807, 2.05) is 47.8 Å². The van der Waals surface area contributed by atoms with Gasteiger partial charge < -0.3 is 0 Å². The summed E-state index contributed by atoms with van der Waals surface area (Å²) >= 11 is 12.2. The van der Waals surface area contributed by atoms with Gasteiger partial charge in [0, 0.05) is 10.6 Å². The first-order valence-electron chi connectivity index (χ1n) is 5.56. The fourth-order valence-corrected chi connectivity index (χ4v) is 2.55. The van der Waals surface area contributed by atoms with Gasteiger partial charge >= 0.3 is 0 Å². The molecule has 3 aromatic rings. The number of aryl methyl sites for hydroxylation is 1. The lowest BCUT2D eigenvalue weighted by molar-refractivity contribution is 0.942. The fourth-order valence-electron chi connectivity index (χ4n) is 2.04. The number of aromatic nitrogens is 2. The standard InChI is InChI=1S/C14H10Cl2N2/c1-9-7-11-3-2-4-14(18(11)17-9)12-6-5-10(15)8-13(12)16/h2-8H,1H3. The predicted octanol–water partition coefficient (Wildman–Crippen LogP) is 4.62. The third-order valence-electron chi connectivity index (χ3n) is 2.82. The van der Waals surface area contributed by atoms with Crippen molar-refractivity contribution in [3.05, 3.63) is 58.2 Å². The predicted molar refractivity (Wildman–Crippen MR) is 75.4 cm³/mol. The monoisotopic (exact) mass is 276 g/mol. The van der Waals surface area contributed by atoms with Gasteiger partial charge in [0.1, 0.15) is 0 Å². The fraction of sp³-hybridized carbons (Fsp3) is 0.0714. The Labute approximate surface area is 115 Å². The summed E-state index contributed by atoms with van der Waals surface area (Å²) in [7, 11) is 0. The molecule has 0 fully saturated rings. The lowest BCUT2D eigenvalue weighted by Crippen LogP contribution is -1.94. The summed E-state index contributed by atoms with van der Waals surface area (Å²) in [6.07, 6.45) is 0. The number of fused-ring (bicyclic) bond motifs is 1. The van der Waals surface area contributed by atoms with Crippen LogP contribution >= 0.6 is 23.2 Å². The van der Waals surface area contributed by atoms with E-state index in [1.54, 1.807) is 6.07 Å². The Kier molecular flexibility index (Phi) is 2.77. The molecule has 18 heavy (non-hydrogen) atoms. The number of hydrogen-bond donors (Lipinski definition) is 0. The summed E-state index contributed by atoms with van der Waals surface area (Å²) in [4.78, 5) is 0. The first-order valence-corrected chi connectivity index (χ1v) is 6.31. The van der Waals surface area contributed by atoms with E-state index in [0.29, 0.717) is 10.0 Å². The molecule has 2 aromatic heterocycles. The summed E-state index contributed by atoms with van der Waals surface area (Å²) in [6.45, 7) is 1.97. The summed E-state index contributed by atoms with van der Waals surface area (Å²) < 4.78 is 1.89. The zero-order valence-corrected chi connectivity index (χ0v) is 11.2. The second-order valence-electron chi connectivity index (χ2n) is 4.16. The molecule has 0 unspecified atom stereocenters. The lowest BCUT2D eigenvalue weighted by atomic mass is 10.1. The van der Waals surface area contributed by atoms with Crippen molar-refractivity contribution < 1.29 is 0 Å². The molecule has 0 amide bonds. The van der Waals surface area contributed by atoms with E-state index in [-0.39, 0.29) is 0 Å². The SMILES string of the molecule is Cc1cc2cccc(-c3ccc(Cl)cc3Cl)n2n1. The average molecular weight is 277 g/mol. The van der Waals surface area contributed by atoms with E-state index >= 15 is 0 Å². The van der Waals surface area contributed by atoms with Crippen LogP contribution in [0.5, 0.6) is 0 Å². The van der Waals surface area contributed by atoms with Gasteiger partial charge in [-0.25, -0.2) is 4.52 Å². The summed E-state index contributed by atoms with van der Waals surface area (Å²) in [5.41, 5.74) is 3.92. The third-order valence-corrected chi connectivity index (χ3v) is 3.36. The number of benzene rings is 1. The van der Waals surface area contributed by atoms with Crippen LogP contribution in [-0.4, -0.2) is 9.61 Å². The molecule has 0 aliphatic carbocycles. The first-order chi connectivity index (χ1) is 8.65. The molecule has 0 saturated heterocycles. The molecule has 90 valence electrons. The van der Waals surface area contributed by atoms with Crippen molar-refractivity contribution >= 4 is 28.7 Å². The smallest absolute Gasteiger partial charge is 0.0740 e. The van der Waals surface area contributed by atoms with E-state index in [4.69, 9.17) is 23.2 Å². The highest BCUT2D eigenvalue weighted by atomic mass is 35.5. The van der Waals surface area contributed by atoms with E-state index in [1.165, 1.54) is 0 Å². The topological polar surface area (TPSA) is 17.3 Å². The Balaban J connectivity index is 2.31. The molecule has 0 saturated carbocycles. The number of pyridine rings is 1. The zero-order valence-electron chi connectivity index (χ0n) is 9.69. The zero-order chi connectivity index (χ0) is 12.7. The van der Waals surface area contributed by atoms with Gasteiger partial charge in [-0.1, -0.05) is 29.3 Å². The molecule has 0 atom stereocenters. The number of rotatable bonds is 1. The van der Waals surface area contributed by atoms with Gasteiger partial charge in [0.05, 0.1) is 21.9 Å². The van der Waals surface area contributed by atoms with Gasteiger partial charge in [-0.3, -0.25) is 0 Å². The number of halogens is 2. The largest absolute Gasteiger partial charge is 0.233 e. The van der Waals surface area contributed by atoms with Gasteiger partial charge in [0.25, 0.3) is 0 Å². The summed E-state index contributed by atoms with van der Waals surface area (Å²) in [5.74, 6) is 0. The maximum absolute atomic E-state index is 6.25. The molecule has 2 heterocycles. The van der Waals surface area contributed by atoms with Crippen LogP contribution in [0.1, 0.15) is 5.69 Å². The molecule has 1 aromatic carbocycles. The Morgan fingerprint density at radius 3 is 2.67 bits per heavy atom. The van der Waals surface area contributed by atoms with Crippen LogP contribution < -0.4 is 0 Å². The summed E-state index contributed by atoms with van der Waals surface area (Å²) in [6, 6.07) is 13.5. The molecule has 0 N–H and O–H groups in total. The molecular weight excluding hydrogens is 267 g/mol. The van der Waals surface area contributed by atoms with Crippen molar-refractivity contribution in [1.29, 1.82) is 0 Å². The Bertz CT molecular complexity index is 732. The van der Waals surface area contributed by atoms with Crippen molar-refractivity contribution in [1.82, 2.24) is 9.61 Å². The highest BCUT2D eigenvalue weighted by Gasteiger charge is 2.09. The van der Waals surface area contributed by atoms with E-state index in [2.05, 4.69) is 5.10 Å². The molecule has 0 bridgehead atoms. The molecular formula is C14H10Cl2N2. The van der Waals surface area contributed by atoms with Gasteiger partial charge in [0.2, 0.25) is 0 Å². The highest BCUT2D eigenvalue weighted by Crippen LogP contribution is 2.30. The van der Waals surface area contributed by atoms with Gasteiger partial charge in [-0.2, -0.15) is 5.10 Å². The highest BCUT2D eigenvalue weighted by molar-refractivity contribution is 6.36. The molecule has 0 radical (unpaired) electrons. The maximum Gasteiger partial charge on any atom is 0.0740 e. The second-order valence-corrected chi connectivity index (χ2v) is 5.00. The maximum atomic E-state index is 6.25. The van der Waals surface area contributed by atoms with Crippen LogP contribution in [0.3, 0.4) is 0 Å². The third kappa shape index (κ3) is 1.88. The van der Waals surface area contributed by atoms with Crippen LogP contribution in [0.2, 0.25) is 10.0 Å². The van der Waals surface area contributed by atoms with Crippen molar-refractivity contribution in [2.24, 2.45) is 0 Å². The van der Waals surface area contributed by atoms with Gasteiger partial charge in [-0.05, 0) is 43.3 Å². The van der Waals surface area contributed by atoms with Crippen molar-refractivity contribution in [3.8, 4) is 11.3 Å². The summed E-state index contributed by atoms with van der Waals surface area (Å²) in [5, 5.41) is 5.74. The van der Waals surface area contributed by atoms with Crippen LogP contribution in [0.4, 0.5) is 0 Å². The number of hydrogen-bond acceptors (Lipinski definition) is 1. The Morgan fingerprint density at radius 1 is 1.06 bits per heavy atom. The Hall–Kier alpha value is -1.51. The minimum absolute atomic E-state index is 0.628. The van der Waals surface area contributed by atoms with Crippen LogP contribution in [0.25, 0.3) is 16.8 Å². The van der Waals surface area contributed by atoms with E-state index in [9.17, 15) is 0 Å². The van der Waals surface area contributed by atoms with Gasteiger partial charge in [-0.15, -0.1) is 0 Å². The molecule has 4 heteroatoms. The van der Waals surface area contributed by atoms with Crippen molar-refractivity contribution in [2.75, 3.05) is 0 Å². The minimum atomic E-state index is 0.628. The Morgan fingerprint density at radius 2 is 1.89 bits per heavy atom. The number of nitrogens with zero attached hydrogens (tertiary/aromatic N) is 2. The van der Waals surface area contributed by atoms with E-state index < -0.39 is 0 Å². The average Bonchev–Trinajstić information content (AvgIpc) is 2.69.